The highest BCUT2D eigenvalue weighted by Crippen LogP contribution is 2.66. The molecule has 0 bridgehead atoms. The van der Waals surface area contributed by atoms with Crippen molar-refractivity contribution in [3.8, 4) is 0 Å². The molecule has 4 aliphatic rings. The van der Waals surface area contributed by atoms with E-state index in [0.29, 0.717) is 17.3 Å². The second kappa shape index (κ2) is 5.21. The van der Waals surface area contributed by atoms with Gasteiger partial charge in [0.15, 0.2) is 0 Å². The van der Waals surface area contributed by atoms with Gasteiger partial charge in [0, 0.05) is 0 Å². The molecule has 0 radical (unpaired) electrons. The average Bonchev–Trinajstić information content (AvgIpc) is 2.82. The Hall–Kier alpha value is -0.570. The maximum absolute atomic E-state index is 10.5. The van der Waals surface area contributed by atoms with Crippen molar-refractivity contribution in [2.75, 3.05) is 0 Å². The van der Waals surface area contributed by atoms with Crippen LogP contribution in [0.3, 0.4) is 0 Å². The number of oxime groups is 1. The highest BCUT2D eigenvalue weighted by Gasteiger charge is 2.60. The summed E-state index contributed by atoms with van der Waals surface area (Å²) >= 11 is 0. The molecule has 0 aromatic heterocycles. The molecule has 3 heteroatoms. The Balaban J connectivity index is 1.63. The number of aliphatic hydroxyl groups excluding tert-OH is 1. The fraction of sp³-hybridized carbons (Fsp3) is 0.950. The highest BCUT2D eigenvalue weighted by atomic mass is 16.4. The van der Waals surface area contributed by atoms with Crippen molar-refractivity contribution in [2.45, 2.75) is 78.2 Å². The summed E-state index contributed by atoms with van der Waals surface area (Å²) in [5, 5.41) is 23.5. The summed E-state index contributed by atoms with van der Waals surface area (Å²) < 4.78 is 0. The SMILES string of the molecule is C[C@@H]1C[C@@]2(C)[C@H](CC[C@@H]3[C@@H]2CC[C@]2(C)[C@@H](O)CC[C@@H]32)C/C1=N/O. The Labute approximate surface area is 140 Å². The topological polar surface area (TPSA) is 52.8 Å². The second-order valence-electron chi connectivity index (χ2n) is 9.70. The smallest absolute Gasteiger partial charge is 0.0602 e. The van der Waals surface area contributed by atoms with Crippen molar-refractivity contribution in [1.82, 2.24) is 0 Å². The van der Waals surface area contributed by atoms with Gasteiger partial charge < -0.3 is 10.3 Å². The van der Waals surface area contributed by atoms with E-state index in [4.69, 9.17) is 0 Å². The average molecular weight is 319 g/mol. The van der Waals surface area contributed by atoms with Crippen LogP contribution in [0.1, 0.15) is 72.1 Å². The van der Waals surface area contributed by atoms with Crippen molar-refractivity contribution in [1.29, 1.82) is 0 Å². The monoisotopic (exact) mass is 319 g/mol. The Morgan fingerprint density at radius 2 is 1.74 bits per heavy atom. The third kappa shape index (κ3) is 2.08. The number of hydrogen-bond acceptors (Lipinski definition) is 3. The molecular formula is C20H33NO2. The minimum atomic E-state index is -0.0719. The summed E-state index contributed by atoms with van der Waals surface area (Å²) in [5.74, 6) is 3.47. The van der Waals surface area contributed by atoms with Crippen molar-refractivity contribution < 1.29 is 10.3 Å². The Morgan fingerprint density at radius 1 is 1.00 bits per heavy atom. The third-order valence-corrected chi connectivity index (χ3v) is 8.91. The zero-order chi connectivity index (χ0) is 16.4. The van der Waals surface area contributed by atoms with Crippen molar-refractivity contribution in [2.24, 2.45) is 45.6 Å². The number of hydrogen-bond donors (Lipinski definition) is 2. The van der Waals surface area contributed by atoms with Gasteiger partial charge in [-0.05, 0) is 91.8 Å². The van der Waals surface area contributed by atoms with Crippen LogP contribution in [0.4, 0.5) is 0 Å². The fourth-order valence-corrected chi connectivity index (χ4v) is 7.53. The molecule has 0 unspecified atom stereocenters. The highest BCUT2D eigenvalue weighted by molar-refractivity contribution is 5.87. The van der Waals surface area contributed by atoms with Gasteiger partial charge in [-0.2, -0.15) is 0 Å². The van der Waals surface area contributed by atoms with Gasteiger partial charge in [0.05, 0.1) is 11.8 Å². The second-order valence-corrected chi connectivity index (χ2v) is 9.70. The van der Waals surface area contributed by atoms with Gasteiger partial charge in [-0.3, -0.25) is 0 Å². The van der Waals surface area contributed by atoms with E-state index in [-0.39, 0.29) is 11.5 Å². The normalized spacial score (nSPS) is 57.7. The van der Waals surface area contributed by atoms with Crippen LogP contribution in [0.5, 0.6) is 0 Å². The van der Waals surface area contributed by atoms with Crippen LogP contribution in [0.25, 0.3) is 0 Å². The first-order valence-electron chi connectivity index (χ1n) is 9.79. The first kappa shape index (κ1) is 15.9. The summed E-state index contributed by atoms with van der Waals surface area (Å²) in [5.41, 5.74) is 1.62. The Kier molecular flexibility index (Phi) is 3.61. The maximum atomic E-state index is 10.5. The van der Waals surface area contributed by atoms with E-state index in [9.17, 15) is 10.3 Å². The summed E-state index contributed by atoms with van der Waals surface area (Å²) in [6.07, 6.45) is 9.47. The van der Waals surface area contributed by atoms with Crippen LogP contribution in [0.2, 0.25) is 0 Å². The zero-order valence-corrected chi connectivity index (χ0v) is 15.0. The molecule has 0 aliphatic heterocycles. The lowest BCUT2D eigenvalue weighted by Crippen LogP contribution is -2.55. The van der Waals surface area contributed by atoms with E-state index in [1.54, 1.807) is 0 Å². The summed E-state index contributed by atoms with van der Waals surface area (Å²) in [4.78, 5) is 0. The number of aliphatic hydroxyl groups is 1. The van der Waals surface area contributed by atoms with Gasteiger partial charge in [-0.15, -0.1) is 0 Å². The predicted molar refractivity (Wildman–Crippen MR) is 91.5 cm³/mol. The van der Waals surface area contributed by atoms with E-state index in [1.807, 2.05) is 0 Å². The van der Waals surface area contributed by atoms with E-state index in [2.05, 4.69) is 25.9 Å². The molecule has 4 rings (SSSR count). The summed E-state index contributed by atoms with van der Waals surface area (Å²) in [7, 11) is 0. The van der Waals surface area contributed by atoms with Crippen LogP contribution >= 0.6 is 0 Å². The molecule has 130 valence electrons. The predicted octanol–water partition coefficient (Wildman–Crippen LogP) is 4.47. The largest absolute Gasteiger partial charge is 0.411 e. The lowest BCUT2D eigenvalue weighted by atomic mass is 9.44. The molecule has 0 spiro atoms. The number of nitrogens with zero attached hydrogens (tertiary/aromatic N) is 1. The van der Waals surface area contributed by atoms with Crippen LogP contribution in [0.15, 0.2) is 5.16 Å². The van der Waals surface area contributed by atoms with Crippen molar-refractivity contribution in [3.05, 3.63) is 0 Å². The molecule has 2 N–H and O–H groups in total. The minimum absolute atomic E-state index is 0.0719. The minimum Gasteiger partial charge on any atom is -0.411 e. The molecule has 23 heavy (non-hydrogen) atoms. The molecule has 4 saturated carbocycles. The van der Waals surface area contributed by atoms with E-state index >= 15 is 0 Å². The molecule has 0 amide bonds. The lowest BCUT2D eigenvalue weighted by molar-refractivity contribution is -0.116. The van der Waals surface area contributed by atoms with E-state index < -0.39 is 0 Å². The standard InChI is InChI=1S/C20H33NO2/c1-12-11-20(3)13(10-17(12)21-23)4-5-14-15-6-7-18(22)19(15,2)9-8-16(14)20/h12-16,18,22-23H,4-11H2,1-3H3/b21-17-/t12-,13-,14+,15+,16+,18+,19+,20+/m1/s1. The van der Waals surface area contributed by atoms with Crippen molar-refractivity contribution in [3.63, 3.8) is 0 Å². The summed E-state index contributed by atoms with van der Waals surface area (Å²) in [6.45, 7) is 7.14. The maximum Gasteiger partial charge on any atom is 0.0602 e. The zero-order valence-electron chi connectivity index (χ0n) is 15.0. The van der Waals surface area contributed by atoms with Crippen LogP contribution in [-0.2, 0) is 0 Å². The number of rotatable bonds is 0. The van der Waals surface area contributed by atoms with Gasteiger partial charge in [0.2, 0.25) is 0 Å². The molecular weight excluding hydrogens is 286 g/mol. The molecule has 0 heterocycles. The Morgan fingerprint density at radius 3 is 2.48 bits per heavy atom. The van der Waals surface area contributed by atoms with Crippen LogP contribution < -0.4 is 0 Å². The molecule has 0 aromatic carbocycles. The molecule has 4 aliphatic carbocycles. The van der Waals surface area contributed by atoms with Gasteiger partial charge in [0.1, 0.15) is 0 Å². The third-order valence-electron chi connectivity index (χ3n) is 8.91. The van der Waals surface area contributed by atoms with Crippen molar-refractivity contribution >= 4 is 5.71 Å². The molecule has 0 aromatic rings. The van der Waals surface area contributed by atoms with Crippen LogP contribution in [0, 0.1) is 40.4 Å². The molecule has 3 nitrogen and oxygen atoms in total. The molecule has 4 fully saturated rings. The van der Waals surface area contributed by atoms with Gasteiger partial charge in [-0.25, -0.2) is 0 Å². The number of fused-ring (bicyclic) bond motifs is 5. The lowest BCUT2D eigenvalue weighted by Gasteiger charge is -2.61. The quantitative estimate of drug-likeness (QED) is 0.511. The van der Waals surface area contributed by atoms with Crippen LogP contribution in [-0.4, -0.2) is 22.1 Å². The summed E-state index contributed by atoms with van der Waals surface area (Å²) in [6, 6.07) is 0. The van der Waals surface area contributed by atoms with Gasteiger partial charge >= 0.3 is 0 Å². The van der Waals surface area contributed by atoms with Gasteiger partial charge in [0.25, 0.3) is 0 Å². The molecule has 8 atom stereocenters. The van der Waals surface area contributed by atoms with Gasteiger partial charge in [-0.1, -0.05) is 25.9 Å². The Bertz CT molecular complexity index is 518. The van der Waals surface area contributed by atoms with E-state index in [1.165, 1.54) is 38.5 Å². The first-order chi connectivity index (χ1) is 10.9. The van der Waals surface area contributed by atoms with E-state index in [0.717, 1.165) is 36.3 Å². The first-order valence-corrected chi connectivity index (χ1v) is 9.79. The molecule has 0 saturated heterocycles. The fourth-order valence-electron chi connectivity index (χ4n) is 7.53.